The average Bonchev–Trinajstić information content (AvgIpc) is 2.33. The van der Waals surface area contributed by atoms with Gasteiger partial charge in [0, 0.05) is 14.3 Å². The number of hydrogen-bond acceptors (Lipinski definition) is 2. The van der Waals surface area contributed by atoms with E-state index in [4.69, 9.17) is 0 Å². The molecule has 0 aromatic heterocycles. The van der Waals surface area contributed by atoms with Crippen LogP contribution in [0, 0.1) is 0 Å². The summed E-state index contributed by atoms with van der Waals surface area (Å²) in [6, 6.07) is 16.2. The molecule has 2 aromatic rings. The molecule has 2 aromatic carbocycles. The Morgan fingerprint density at radius 2 is 1.82 bits per heavy atom. The lowest BCUT2D eigenvalue weighted by molar-refractivity contribution is 0.199. The van der Waals surface area contributed by atoms with Crippen LogP contribution in [0.4, 0.5) is 0 Å². The van der Waals surface area contributed by atoms with Gasteiger partial charge in [-0.05, 0) is 52.7 Å². The van der Waals surface area contributed by atoms with E-state index >= 15 is 0 Å². The third-order valence-corrected chi connectivity index (χ3v) is 4.41. The second kappa shape index (κ2) is 5.71. The molecule has 0 saturated carbocycles. The fourth-order valence-corrected chi connectivity index (χ4v) is 2.95. The van der Waals surface area contributed by atoms with E-state index < -0.39 is 6.10 Å². The fourth-order valence-electron chi connectivity index (χ4n) is 1.48. The molecular weight excluding hydrogens is 296 g/mol. The van der Waals surface area contributed by atoms with Crippen LogP contribution < -0.4 is 0 Å². The van der Waals surface area contributed by atoms with Gasteiger partial charge in [0.05, 0.1) is 6.10 Å². The van der Waals surface area contributed by atoms with E-state index in [0.717, 1.165) is 14.9 Å². The summed E-state index contributed by atoms with van der Waals surface area (Å²) < 4.78 is 1.02. The highest BCUT2D eigenvalue weighted by Crippen LogP contribution is 2.34. The minimum atomic E-state index is -0.429. The third-order valence-electron chi connectivity index (χ3n) is 2.41. The molecule has 0 saturated heterocycles. The number of aliphatic hydroxyl groups is 1. The van der Waals surface area contributed by atoms with Crippen molar-refractivity contribution in [2.24, 2.45) is 0 Å². The molecule has 1 nitrogen and oxygen atoms in total. The Morgan fingerprint density at radius 3 is 2.41 bits per heavy atom. The van der Waals surface area contributed by atoms with Gasteiger partial charge in [-0.3, -0.25) is 0 Å². The second-order valence-corrected chi connectivity index (χ2v) is 5.75. The molecule has 0 heterocycles. The predicted octanol–water partition coefficient (Wildman–Crippen LogP) is 4.65. The molecule has 0 amide bonds. The molecule has 0 bridgehead atoms. The molecule has 0 spiro atoms. The van der Waals surface area contributed by atoms with Crippen molar-refractivity contribution in [3.05, 3.63) is 58.6 Å². The standard InChI is InChI=1S/C14H13BrOS/c1-10(16)11-7-8-14(13(15)9-11)17-12-5-3-2-4-6-12/h2-10,16H,1H3. The second-order valence-electron chi connectivity index (χ2n) is 3.78. The molecule has 2 rings (SSSR count). The molecule has 88 valence electrons. The molecule has 1 atom stereocenters. The maximum atomic E-state index is 9.50. The van der Waals surface area contributed by atoms with Crippen LogP contribution in [0.15, 0.2) is 62.8 Å². The number of benzene rings is 2. The van der Waals surface area contributed by atoms with Crippen molar-refractivity contribution in [3.63, 3.8) is 0 Å². The van der Waals surface area contributed by atoms with E-state index in [-0.39, 0.29) is 0 Å². The Labute approximate surface area is 114 Å². The van der Waals surface area contributed by atoms with E-state index in [1.54, 1.807) is 18.7 Å². The van der Waals surface area contributed by atoms with Crippen molar-refractivity contribution in [3.8, 4) is 0 Å². The maximum Gasteiger partial charge on any atom is 0.0762 e. The molecule has 1 unspecified atom stereocenters. The Kier molecular flexibility index (Phi) is 4.26. The van der Waals surface area contributed by atoms with Gasteiger partial charge in [-0.1, -0.05) is 36.0 Å². The smallest absolute Gasteiger partial charge is 0.0762 e. The van der Waals surface area contributed by atoms with Gasteiger partial charge in [-0.25, -0.2) is 0 Å². The zero-order valence-electron chi connectivity index (χ0n) is 9.43. The van der Waals surface area contributed by atoms with E-state index in [1.807, 2.05) is 36.4 Å². The van der Waals surface area contributed by atoms with E-state index in [0.29, 0.717) is 0 Å². The number of hydrogen-bond donors (Lipinski definition) is 1. The minimum absolute atomic E-state index is 0.429. The summed E-state index contributed by atoms with van der Waals surface area (Å²) in [4.78, 5) is 2.36. The molecule has 0 aliphatic carbocycles. The average molecular weight is 309 g/mol. The lowest BCUT2D eigenvalue weighted by Gasteiger charge is -2.09. The Balaban J connectivity index is 2.23. The largest absolute Gasteiger partial charge is 0.389 e. The zero-order chi connectivity index (χ0) is 12.3. The van der Waals surface area contributed by atoms with Crippen molar-refractivity contribution in [2.45, 2.75) is 22.8 Å². The minimum Gasteiger partial charge on any atom is -0.389 e. The third kappa shape index (κ3) is 3.35. The van der Waals surface area contributed by atoms with Crippen LogP contribution in [0.25, 0.3) is 0 Å². The van der Waals surface area contributed by atoms with Crippen LogP contribution in [0.5, 0.6) is 0 Å². The fraction of sp³-hybridized carbons (Fsp3) is 0.143. The molecule has 1 N–H and O–H groups in total. The van der Waals surface area contributed by atoms with E-state index in [1.165, 1.54) is 4.90 Å². The van der Waals surface area contributed by atoms with Crippen molar-refractivity contribution in [1.29, 1.82) is 0 Å². The maximum absolute atomic E-state index is 9.50. The zero-order valence-corrected chi connectivity index (χ0v) is 11.8. The highest BCUT2D eigenvalue weighted by atomic mass is 79.9. The summed E-state index contributed by atoms with van der Waals surface area (Å²) in [6.07, 6.45) is -0.429. The highest BCUT2D eigenvalue weighted by Gasteiger charge is 2.06. The first-order valence-electron chi connectivity index (χ1n) is 5.37. The SMILES string of the molecule is CC(O)c1ccc(Sc2ccccc2)c(Br)c1. The van der Waals surface area contributed by atoms with Crippen LogP contribution in [0.2, 0.25) is 0 Å². The summed E-state index contributed by atoms with van der Waals surface area (Å²) in [5.41, 5.74) is 0.925. The lowest BCUT2D eigenvalue weighted by atomic mass is 10.1. The van der Waals surface area contributed by atoms with Gasteiger partial charge < -0.3 is 5.11 Å². The summed E-state index contributed by atoms with van der Waals surface area (Å²) in [5, 5.41) is 9.50. The summed E-state index contributed by atoms with van der Waals surface area (Å²) in [7, 11) is 0. The van der Waals surface area contributed by atoms with Crippen LogP contribution in [-0.4, -0.2) is 5.11 Å². The first kappa shape index (κ1) is 12.7. The summed E-state index contributed by atoms with van der Waals surface area (Å²) in [5.74, 6) is 0. The van der Waals surface area contributed by atoms with Gasteiger partial charge in [-0.15, -0.1) is 0 Å². The molecule has 0 aliphatic rings. The summed E-state index contributed by atoms with van der Waals surface area (Å²) >= 11 is 5.25. The van der Waals surface area contributed by atoms with Gasteiger partial charge in [0.25, 0.3) is 0 Å². The van der Waals surface area contributed by atoms with Gasteiger partial charge in [-0.2, -0.15) is 0 Å². The quantitative estimate of drug-likeness (QED) is 0.890. The van der Waals surface area contributed by atoms with Crippen molar-refractivity contribution in [2.75, 3.05) is 0 Å². The van der Waals surface area contributed by atoms with Crippen LogP contribution >= 0.6 is 27.7 Å². The van der Waals surface area contributed by atoms with Crippen molar-refractivity contribution in [1.82, 2.24) is 0 Å². The van der Waals surface area contributed by atoms with E-state index in [9.17, 15) is 5.11 Å². The summed E-state index contributed by atoms with van der Waals surface area (Å²) in [6.45, 7) is 1.77. The van der Waals surface area contributed by atoms with E-state index in [2.05, 4.69) is 28.1 Å². The topological polar surface area (TPSA) is 20.2 Å². The Hall–Kier alpha value is -0.770. The molecule has 0 radical (unpaired) electrons. The van der Waals surface area contributed by atoms with Gasteiger partial charge in [0.15, 0.2) is 0 Å². The number of halogens is 1. The van der Waals surface area contributed by atoms with Crippen LogP contribution in [0.3, 0.4) is 0 Å². The Morgan fingerprint density at radius 1 is 1.12 bits per heavy atom. The molecule has 17 heavy (non-hydrogen) atoms. The van der Waals surface area contributed by atoms with Crippen molar-refractivity contribution >= 4 is 27.7 Å². The Bertz CT molecular complexity index is 497. The molecule has 0 aliphatic heterocycles. The van der Waals surface area contributed by atoms with Gasteiger partial charge in [0.1, 0.15) is 0 Å². The molecule has 0 fully saturated rings. The number of aliphatic hydroxyl groups excluding tert-OH is 1. The molecular formula is C14H13BrOS. The predicted molar refractivity (Wildman–Crippen MR) is 75.3 cm³/mol. The normalized spacial score (nSPS) is 12.4. The van der Waals surface area contributed by atoms with Gasteiger partial charge in [0.2, 0.25) is 0 Å². The number of rotatable bonds is 3. The van der Waals surface area contributed by atoms with Gasteiger partial charge >= 0.3 is 0 Å². The van der Waals surface area contributed by atoms with Crippen LogP contribution in [0.1, 0.15) is 18.6 Å². The first-order valence-corrected chi connectivity index (χ1v) is 6.98. The highest BCUT2D eigenvalue weighted by molar-refractivity contribution is 9.10. The van der Waals surface area contributed by atoms with Crippen LogP contribution in [-0.2, 0) is 0 Å². The lowest BCUT2D eigenvalue weighted by Crippen LogP contribution is -1.90. The molecule has 3 heteroatoms. The first-order chi connectivity index (χ1) is 8.16. The van der Waals surface area contributed by atoms with Crippen molar-refractivity contribution < 1.29 is 5.11 Å². The monoisotopic (exact) mass is 308 g/mol.